The van der Waals surface area contributed by atoms with Gasteiger partial charge in [0.1, 0.15) is 18.4 Å². The maximum Gasteiger partial charge on any atom is 0.264 e. The number of benzene rings is 3. The number of nitrogens with zero attached hydrogens (tertiary/aromatic N) is 2. The first-order valence-electron chi connectivity index (χ1n) is 12.8. The van der Waals surface area contributed by atoms with Crippen LogP contribution in [-0.4, -0.2) is 44.3 Å². The third kappa shape index (κ3) is 7.80. The van der Waals surface area contributed by atoms with Crippen molar-refractivity contribution in [3.63, 3.8) is 0 Å². The molecule has 0 spiro atoms. The van der Waals surface area contributed by atoms with E-state index >= 15 is 0 Å². The largest absolute Gasteiger partial charge is 0.354 e. The fourth-order valence-electron chi connectivity index (χ4n) is 4.10. The predicted octanol–water partition coefficient (Wildman–Crippen LogP) is 5.40. The van der Waals surface area contributed by atoms with Crippen molar-refractivity contribution >= 4 is 39.1 Å². The van der Waals surface area contributed by atoms with Crippen LogP contribution in [0.5, 0.6) is 0 Å². The number of amides is 2. The third-order valence-electron chi connectivity index (χ3n) is 6.21. The van der Waals surface area contributed by atoms with E-state index in [-0.39, 0.29) is 23.0 Å². The van der Waals surface area contributed by atoms with Crippen LogP contribution in [0.15, 0.2) is 83.8 Å². The van der Waals surface area contributed by atoms with Gasteiger partial charge < -0.3 is 10.2 Å². The number of carbonyl (C=O) groups excluding carboxylic acids is 2. The zero-order valence-corrected chi connectivity index (χ0v) is 23.6. The fourth-order valence-corrected chi connectivity index (χ4v) is 5.67. The maximum atomic E-state index is 14.9. The standard InChI is InChI=1S/C29H33ClFN3O4S/c1-3-5-19-32-29(36)26(4-2)33(20-22-15-17-23(30)18-16-22)28(35)21-34(27-14-10-9-13-25(27)31)39(37,38)24-11-7-6-8-12-24/h6-18,26H,3-5,19-21H2,1-2H3,(H,32,36)/t26-/m0/s1. The maximum absolute atomic E-state index is 14.9. The third-order valence-corrected chi connectivity index (χ3v) is 8.24. The summed E-state index contributed by atoms with van der Waals surface area (Å²) < 4.78 is 43.1. The highest BCUT2D eigenvalue weighted by molar-refractivity contribution is 7.92. The Hall–Kier alpha value is -3.43. The van der Waals surface area contributed by atoms with Crippen LogP contribution < -0.4 is 9.62 Å². The summed E-state index contributed by atoms with van der Waals surface area (Å²) in [5, 5.41) is 3.38. The molecule has 208 valence electrons. The normalized spacial score (nSPS) is 12.0. The second-order valence-electron chi connectivity index (χ2n) is 8.99. The molecule has 0 bridgehead atoms. The van der Waals surface area contributed by atoms with Crippen LogP contribution in [0.4, 0.5) is 10.1 Å². The molecule has 0 fully saturated rings. The molecule has 39 heavy (non-hydrogen) atoms. The monoisotopic (exact) mass is 573 g/mol. The number of halogens is 2. The number of anilines is 1. The number of nitrogens with one attached hydrogen (secondary N) is 1. The zero-order valence-electron chi connectivity index (χ0n) is 22.0. The molecule has 3 aromatic carbocycles. The van der Waals surface area contributed by atoms with E-state index in [0.29, 0.717) is 23.6 Å². The molecule has 3 rings (SSSR count). The number of unbranched alkanes of at least 4 members (excludes halogenated alkanes) is 1. The molecule has 0 aromatic heterocycles. The highest BCUT2D eigenvalue weighted by atomic mass is 35.5. The van der Waals surface area contributed by atoms with Gasteiger partial charge in [0.2, 0.25) is 11.8 Å². The molecular formula is C29H33ClFN3O4S. The van der Waals surface area contributed by atoms with Gasteiger partial charge in [0.15, 0.2) is 0 Å². The van der Waals surface area contributed by atoms with E-state index in [2.05, 4.69) is 5.32 Å². The second kappa shape index (κ2) is 14.1. The number of rotatable bonds is 13. The van der Waals surface area contributed by atoms with Crippen LogP contribution >= 0.6 is 11.6 Å². The van der Waals surface area contributed by atoms with Crippen molar-refractivity contribution in [3.8, 4) is 0 Å². The average Bonchev–Trinajstić information content (AvgIpc) is 2.93. The summed E-state index contributed by atoms with van der Waals surface area (Å²) in [6.45, 7) is 3.57. The number of hydrogen-bond donors (Lipinski definition) is 1. The second-order valence-corrected chi connectivity index (χ2v) is 11.3. The Bertz CT molecular complexity index is 1350. The molecule has 0 aliphatic rings. The summed E-state index contributed by atoms with van der Waals surface area (Å²) in [4.78, 5) is 28.3. The van der Waals surface area contributed by atoms with E-state index in [1.54, 1.807) is 49.4 Å². The summed E-state index contributed by atoms with van der Waals surface area (Å²) in [5.74, 6) is -1.78. The minimum atomic E-state index is -4.33. The van der Waals surface area contributed by atoms with Crippen LogP contribution in [0.1, 0.15) is 38.7 Å². The SMILES string of the molecule is CCCCNC(=O)[C@H](CC)N(Cc1ccc(Cl)cc1)C(=O)CN(c1ccccc1F)S(=O)(=O)c1ccccc1. The Morgan fingerprint density at radius 1 is 0.949 bits per heavy atom. The van der Waals surface area contributed by atoms with E-state index < -0.39 is 34.3 Å². The van der Waals surface area contributed by atoms with Crippen LogP contribution in [0.3, 0.4) is 0 Å². The number of sulfonamides is 1. The van der Waals surface area contributed by atoms with Gasteiger partial charge in [0.05, 0.1) is 10.6 Å². The van der Waals surface area contributed by atoms with Crippen LogP contribution in [0, 0.1) is 5.82 Å². The first-order chi connectivity index (χ1) is 18.7. The van der Waals surface area contributed by atoms with Crippen molar-refractivity contribution in [2.45, 2.75) is 50.6 Å². The van der Waals surface area contributed by atoms with E-state index in [4.69, 9.17) is 11.6 Å². The molecule has 0 aliphatic heterocycles. The molecule has 1 atom stereocenters. The fraction of sp³-hybridized carbons (Fsp3) is 0.310. The van der Waals surface area contributed by atoms with Gasteiger partial charge in [-0.15, -0.1) is 0 Å². The lowest BCUT2D eigenvalue weighted by Gasteiger charge is -2.33. The van der Waals surface area contributed by atoms with Gasteiger partial charge in [-0.2, -0.15) is 0 Å². The molecule has 2 amide bonds. The minimum Gasteiger partial charge on any atom is -0.354 e. The van der Waals surface area contributed by atoms with E-state index in [9.17, 15) is 22.4 Å². The van der Waals surface area contributed by atoms with Gasteiger partial charge in [0, 0.05) is 18.1 Å². The molecule has 10 heteroatoms. The molecule has 0 unspecified atom stereocenters. The Labute approximate surface area is 234 Å². The summed E-state index contributed by atoms with van der Waals surface area (Å²) >= 11 is 6.03. The van der Waals surface area contributed by atoms with Gasteiger partial charge >= 0.3 is 0 Å². The number of carbonyl (C=O) groups is 2. The lowest BCUT2D eigenvalue weighted by atomic mass is 10.1. The van der Waals surface area contributed by atoms with Gasteiger partial charge in [-0.1, -0.05) is 74.3 Å². The van der Waals surface area contributed by atoms with Crippen molar-refractivity contribution in [1.29, 1.82) is 0 Å². The van der Waals surface area contributed by atoms with E-state index in [0.717, 1.165) is 23.2 Å². The summed E-state index contributed by atoms with van der Waals surface area (Å²) in [6.07, 6.45) is 1.96. The molecular weight excluding hydrogens is 541 g/mol. The average molecular weight is 574 g/mol. The number of para-hydroxylation sites is 1. The number of hydrogen-bond acceptors (Lipinski definition) is 4. The van der Waals surface area contributed by atoms with Gasteiger partial charge in [-0.3, -0.25) is 13.9 Å². The van der Waals surface area contributed by atoms with Crippen LogP contribution in [0.25, 0.3) is 0 Å². The highest BCUT2D eigenvalue weighted by Gasteiger charge is 2.34. The van der Waals surface area contributed by atoms with Crippen LogP contribution in [-0.2, 0) is 26.2 Å². The quantitative estimate of drug-likeness (QED) is 0.277. The molecule has 3 aromatic rings. The first-order valence-corrected chi connectivity index (χ1v) is 14.6. The predicted molar refractivity (Wildman–Crippen MR) is 151 cm³/mol. The summed E-state index contributed by atoms with van der Waals surface area (Å²) in [6, 6.07) is 18.9. The molecule has 7 nitrogen and oxygen atoms in total. The Kier molecular flexibility index (Phi) is 10.9. The highest BCUT2D eigenvalue weighted by Crippen LogP contribution is 2.27. The van der Waals surface area contributed by atoms with Gasteiger partial charge in [0.25, 0.3) is 10.0 Å². The van der Waals surface area contributed by atoms with E-state index in [1.807, 2.05) is 6.92 Å². The smallest absolute Gasteiger partial charge is 0.264 e. The Balaban J connectivity index is 2.03. The van der Waals surface area contributed by atoms with Crippen molar-refractivity contribution < 1.29 is 22.4 Å². The van der Waals surface area contributed by atoms with E-state index in [1.165, 1.54) is 35.2 Å². The van der Waals surface area contributed by atoms with Crippen LogP contribution in [0.2, 0.25) is 5.02 Å². The molecule has 0 heterocycles. The molecule has 1 N–H and O–H groups in total. The van der Waals surface area contributed by atoms with Gasteiger partial charge in [-0.05, 0) is 54.8 Å². The summed E-state index contributed by atoms with van der Waals surface area (Å²) in [7, 11) is -4.33. The minimum absolute atomic E-state index is 0.0339. The first kappa shape index (κ1) is 30.1. The van der Waals surface area contributed by atoms with Crippen molar-refractivity contribution in [1.82, 2.24) is 10.2 Å². The Morgan fingerprint density at radius 3 is 2.21 bits per heavy atom. The topological polar surface area (TPSA) is 86.8 Å². The Morgan fingerprint density at radius 2 is 1.59 bits per heavy atom. The lowest BCUT2D eigenvalue weighted by Crippen LogP contribution is -2.52. The summed E-state index contributed by atoms with van der Waals surface area (Å²) in [5.41, 5.74) is 0.442. The molecule has 0 aliphatic carbocycles. The molecule has 0 saturated carbocycles. The van der Waals surface area contributed by atoms with Crippen molar-refractivity contribution in [2.75, 3.05) is 17.4 Å². The lowest BCUT2D eigenvalue weighted by molar-refractivity contribution is -0.140. The van der Waals surface area contributed by atoms with Crippen molar-refractivity contribution in [2.24, 2.45) is 0 Å². The molecule has 0 radical (unpaired) electrons. The van der Waals surface area contributed by atoms with Gasteiger partial charge in [-0.25, -0.2) is 12.8 Å². The van der Waals surface area contributed by atoms with Crippen molar-refractivity contribution in [3.05, 3.63) is 95.3 Å². The molecule has 0 saturated heterocycles. The zero-order chi connectivity index (χ0) is 28.4.